The number of nitrogens with one attached hydrogen (secondary N) is 1. The molecule has 6 heteroatoms. The highest BCUT2D eigenvalue weighted by Crippen LogP contribution is 2.35. The molecule has 0 aliphatic rings. The van der Waals surface area contributed by atoms with Crippen molar-refractivity contribution in [3.05, 3.63) is 56.5 Å². The van der Waals surface area contributed by atoms with Crippen LogP contribution in [0.1, 0.15) is 5.56 Å². The predicted octanol–water partition coefficient (Wildman–Crippen LogP) is 5.19. The molecule has 3 N–H and O–H groups in total. The summed E-state index contributed by atoms with van der Waals surface area (Å²) in [6.07, 6.45) is 0. The van der Waals surface area contributed by atoms with Crippen LogP contribution < -0.4 is 5.73 Å². The summed E-state index contributed by atoms with van der Waals surface area (Å²) in [7, 11) is 0. The number of halogens is 3. The SMILES string of the molecule is N=C(N)c1cc(Br)ccc1Sc1ccc(Cl)c(Cl)c1. The number of amidine groups is 1. The first-order valence-electron chi connectivity index (χ1n) is 5.24. The molecular formula is C13H9BrCl2N2S. The normalized spacial score (nSPS) is 10.5. The maximum absolute atomic E-state index is 7.61. The lowest BCUT2D eigenvalue weighted by Gasteiger charge is -2.09. The summed E-state index contributed by atoms with van der Waals surface area (Å²) in [6.45, 7) is 0. The van der Waals surface area contributed by atoms with Gasteiger partial charge in [0.05, 0.1) is 10.0 Å². The number of benzene rings is 2. The van der Waals surface area contributed by atoms with E-state index in [4.69, 9.17) is 34.3 Å². The number of rotatable bonds is 3. The van der Waals surface area contributed by atoms with E-state index in [1.807, 2.05) is 24.3 Å². The molecule has 0 saturated heterocycles. The van der Waals surface area contributed by atoms with Crippen molar-refractivity contribution in [3.8, 4) is 0 Å². The Hall–Kier alpha value is -0.680. The van der Waals surface area contributed by atoms with Gasteiger partial charge >= 0.3 is 0 Å². The zero-order valence-electron chi connectivity index (χ0n) is 9.58. The predicted molar refractivity (Wildman–Crippen MR) is 85.7 cm³/mol. The minimum atomic E-state index is 0.0314. The van der Waals surface area contributed by atoms with Gasteiger partial charge in [-0.25, -0.2) is 0 Å². The number of hydrogen-bond donors (Lipinski definition) is 2. The highest BCUT2D eigenvalue weighted by molar-refractivity contribution is 9.10. The van der Waals surface area contributed by atoms with Gasteiger partial charge < -0.3 is 5.73 Å². The van der Waals surface area contributed by atoms with Gasteiger partial charge in [-0.1, -0.05) is 50.9 Å². The summed E-state index contributed by atoms with van der Waals surface area (Å²) in [5, 5.41) is 8.64. The Morgan fingerprint density at radius 2 is 1.84 bits per heavy atom. The van der Waals surface area contributed by atoms with Gasteiger partial charge in [0, 0.05) is 19.8 Å². The van der Waals surface area contributed by atoms with Crippen LogP contribution in [-0.4, -0.2) is 5.84 Å². The topological polar surface area (TPSA) is 49.9 Å². The Labute approximate surface area is 133 Å². The van der Waals surface area contributed by atoms with E-state index in [9.17, 15) is 0 Å². The molecule has 0 unspecified atom stereocenters. The second-order valence-corrected chi connectivity index (χ2v) is 6.58. The lowest BCUT2D eigenvalue weighted by Crippen LogP contribution is -2.12. The van der Waals surface area contributed by atoms with Crippen LogP contribution in [0.25, 0.3) is 0 Å². The molecule has 2 aromatic rings. The monoisotopic (exact) mass is 374 g/mol. The van der Waals surface area contributed by atoms with Crippen LogP contribution in [0.2, 0.25) is 10.0 Å². The average Bonchev–Trinajstić information content (AvgIpc) is 2.36. The molecule has 0 radical (unpaired) electrons. The molecule has 0 bridgehead atoms. The van der Waals surface area contributed by atoms with Gasteiger partial charge in [-0.3, -0.25) is 5.41 Å². The number of nitrogens with two attached hydrogens (primary N) is 1. The lowest BCUT2D eigenvalue weighted by molar-refractivity contribution is 1.32. The van der Waals surface area contributed by atoms with Crippen molar-refractivity contribution < 1.29 is 0 Å². The quantitative estimate of drug-likeness (QED) is 0.572. The van der Waals surface area contributed by atoms with Crippen LogP contribution >= 0.6 is 50.9 Å². The zero-order chi connectivity index (χ0) is 14.0. The Balaban J connectivity index is 2.37. The maximum Gasteiger partial charge on any atom is 0.123 e. The van der Waals surface area contributed by atoms with Crippen LogP contribution in [0.3, 0.4) is 0 Å². The van der Waals surface area contributed by atoms with Crippen molar-refractivity contribution >= 4 is 56.7 Å². The summed E-state index contributed by atoms with van der Waals surface area (Å²) in [4.78, 5) is 1.84. The smallest absolute Gasteiger partial charge is 0.123 e. The molecule has 0 spiro atoms. The van der Waals surface area contributed by atoms with E-state index in [0.717, 1.165) is 14.3 Å². The molecule has 2 nitrogen and oxygen atoms in total. The summed E-state index contributed by atoms with van der Waals surface area (Å²) in [5.74, 6) is 0.0314. The van der Waals surface area contributed by atoms with Gasteiger partial charge in [0.15, 0.2) is 0 Å². The Morgan fingerprint density at radius 1 is 1.11 bits per heavy atom. The van der Waals surface area contributed by atoms with Crippen molar-refractivity contribution in [2.45, 2.75) is 9.79 Å². The molecular weight excluding hydrogens is 367 g/mol. The van der Waals surface area contributed by atoms with Crippen molar-refractivity contribution in [2.75, 3.05) is 0 Å². The molecule has 19 heavy (non-hydrogen) atoms. The molecule has 0 aromatic heterocycles. The molecule has 98 valence electrons. The highest BCUT2D eigenvalue weighted by Gasteiger charge is 2.09. The first kappa shape index (κ1) is 14.7. The first-order chi connectivity index (χ1) is 8.97. The first-order valence-corrected chi connectivity index (χ1v) is 7.61. The fraction of sp³-hybridized carbons (Fsp3) is 0. The molecule has 0 fully saturated rings. The fourth-order valence-corrected chi connectivity index (χ4v) is 3.17. The van der Waals surface area contributed by atoms with Crippen LogP contribution in [0.5, 0.6) is 0 Å². The van der Waals surface area contributed by atoms with E-state index >= 15 is 0 Å². The van der Waals surface area contributed by atoms with E-state index in [-0.39, 0.29) is 5.84 Å². The minimum absolute atomic E-state index is 0.0314. The second-order valence-electron chi connectivity index (χ2n) is 3.73. The molecule has 0 heterocycles. The Bertz CT molecular complexity index is 647. The molecule has 0 amide bonds. The summed E-state index contributed by atoms with van der Waals surface area (Å²) < 4.78 is 0.885. The van der Waals surface area contributed by atoms with E-state index < -0.39 is 0 Å². The minimum Gasteiger partial charge on any atom is -0.384 e. The molecule has 0 atom stereocenters. The second kappa shape index (κ2) is 6.18. The summed E-state index contributed by atoms with van der Waals surface area (Å²) in [5.41, 5.74) is 6.28. The largest absolute Gasteiger partial charge is 0.384 e. The number of hydrogen-bond acceptors (Lipinski definition) is 2. The highest BCUT2D eigenvalue weighted by atomic mass is 79.9. The third kappa shape index (κ3) is 3.66. The van der Waals surface area contributed by atoms with E-state index in [0.29, 0.717) is 15.6 Å². The van der Waals surface area contributed by atoms with Crippen LogP contribution in [0.15, 0.2) is 50.7 Å². The summed E-state index contributed by atoms with van der Waals surface area (Å²) >= 11 is 16.7. The van der Waals surface area contributed by atoms with Crippen molar-refractivity contribution in [3.63, 3.8) is 0 Å². The fourth-order valence-electron chi connectivity index (χ4n) is 1.47. The van der Waals surface area contributed by atoms with Gasteiger partial charge in [0.2, 0.25) is 0 Å². The lowest BCUT2D eigenvalue weighted by atomic mass is 10.2. The molecule has 0 saturated carbocycles. The molecule has 0 aliphatic heterocycles. The van der Waals surface area contributed by atoms with Gasteiger partial charge in [0.25, 0.3) is 0 Å². The Kier molecular flexibility index (Phi) is 4.79. The third-order valence-corrected chi connectivity index (χ3v) is 4.65. The van der Waals surface area contributed by atoms with Crippen molar-refractivity contribution in [2.24, 2.45) is 5.73 Å². The van der Waals surface area contributed by atoms with Crippen LogP contribution in [0, 0.1) is 5.41 Å². The van der Waals surface area contributed by atoms with Gasteiger partial charge in [0.1, 0.15) is 5.84 Å². The molecule has 2 rings (SSSR count). The molecule has 2 aromatic carbocycles. The van der Waals surface area contributed by atoms with Gasteiger partial charge in [-0.2, -0.15) is 0 Å². The van der Waals surface area contributed by atoms with E-state index in [1.165, 1.54) is 11.8 Å². The van der Waals surface area contributed by atoms with E-state index in [1.54, 1.807) is 12.1 Å². The zero-order valence-corrected chi connectivity index (χ0v) is 13.5. The van der Waals surface area contributed by atoms with E-state index in [2.05, 4.69) is 15.9 Å². The maximum atomic E-state index is 7.61. The summed E-state index contributed by atoms with van der Waals surface area (Å²) in [6, 6.07) is 11.1. The van der Waals surface area contributed by atoms with Crippen LogP contribution in [-0.2, 0) is 0 Å². The molecule has 0 aliphatic carbocycles. The number of nitrogen functional groups attached to an aromatic ring is 1. The average molecular weight is 376 g/mol. The van der Waals surface area contributed by atoms with Gasteiger partial charge in [-0.15, -0.1) is 0 Å². The van der Waals surface area contributed by atoms with Crippen LogP contribution in [0.4, 0.5) is 0 Å². The van der Waals surface area contributed by atoms with Crippen molar-refractivity contribution in [1.82, 2.24) is 0 Å². The third-order valence-electron chi connectivity index (χ3n) is 2.35. The van der Waals surface area contributed by atoms with Crippen molar-refractivity contribution in [1.29, 1.82) is 5.41 Å². The standard InChI is InChI=1S/C13H9BrCl2N2S/c14-7-1-4-12(9(5-7)13(17)18)19-8-2-3-10(15)11(16)6-8/h1-6H,(H3,17,18). The van der Waals surface area contributed by atoms with Gasteiger partial charge in [-0.05, 0) is 36.4 Å². The Morgan fingerprint density at radius 3 is 2.47 bits per heavy atom.